The summed E-state index contributed by atoms with van der Waals surface area (Å²) in [6.45, 7) is 7.47. The lowest BCUT2D eigenvalue weighted by Gasteiger charge is -2.33. The molecular weight excluding hydrogens is 432 g/mol. The van der Waals surface area contributed by atoms with E-state index >= 15 is 0 Å². The van der Waals surface area contributed by atoms with Crippen LogP contribution in [0.4, 0.5) is 0 Å². The smallest absolute Gasteiger partial charge is 0.274 e. The van der Waals surface area contributed by atoms with Crippen molar-refractivity contribution in [1.82, 2.24) is 19.0 Å². The van der Waals surface area contributed by atoms with Crippen LogP contribution in [0.1, 0.15) is 55.7 Å². The summed E-state index contributed by atoms with van der Waals surface area (Å²) in [6.07, 6.45) is 2.28. The quantitative estimate of drug-likeness (QED) is 0.706. The second-order valence-electron chi connectivity index (χ2n) is 8.57. The highest BCUT2D eigenvalue weighted by molar-refractivity contribution is 7.91. The van der Waals surface area contributed by atoms with Crippen LogP contribution in [0.25, 0.3) is 0 Å². The van der Waals surface area contributed by atoms with Crippen LogP contribution < -0.4 is 0 Å². The van der Waals surface area contributed by atoms with Crippen LogP contribution in [0, 0.1) is 0 Å². The van der Waals surface area contributed by atoms with E-state index < -0.39 is 10.0 Å². The summed E-state index contributed by atoms with van der Waals surface area (Å²) in [5.74, 6) is 0.356. The summed E-state index contributed by atoms with van der Waals surface area (Å²) in [5, 5.41) is 4.62. The summed E-state index contributed by atoms with van der Waals surface area (Å²) < 4.78 is 29.6. The van der Waals surface area contributed by atoms with Crippen LogP contribution >= 0.6 is 22.9 Å². The Kier molecular flexibility index (Phi) is 5.30. The average molecular weight is 457 g/mol. The van der Waals surface area contributed by atoms with Gasteiger partial charge in [0, 0.05) is 37.8 Å². The zero-order valence-corrected chi connectivity index (χ0v) is 19.1. The second kappa shape index (κ2) is 7.37. The lowest BCUT2D eigenvalue weighted by molar-refractivity contribution is 0.0690. The molecule has 0 atom stereocenters. The number of aromatic nitrogens is 2. The van der Waals surface area contributed by atoms with Gasteiger partial charge in [0.15, 0.2) is 5.69 Å². The Bertz CT molecular complexity index is 1030. The van der Waals surface area contributed by atoms with E-state index in [1.165, 1.54) is 10.4 Å². The van der Waals surface area contributed by atoms with Crippen LogP contribution in [0.2, 0.25) is 4.34 Å². The van der Waals surface area contributed by atoms with Crippen molar-refractivity contribution < 1.29 is 13.2 Å². The van der Waals surface area contributed by atoms with Gasteiger partial charge in [0.1, 0.15) is 4.21 Å². The predicted molar refractivity (Wildman–Crippen MR) is 113 cm³/mol. The summed E-state index contributed by atoms with van der Waals surface area (Å²) in [7, 11) is -3.57. The number of carbonyl (C=O) groups is 1. The Morgan fingerprint density at radius 1 is 1.17 bits per heavy atom. The molecule has 1 saturated heterocycles. The van der Waals surface area contributed by atoms with E-state index in [-0.39, 0.29) is 28.7 Å². The van der Waals surface area contributed by atoms with Crippen molar-refractivity contribution in [2.75, 3.05) is 26.2 Å². The topological polar surface area (TPSA) is 75.5 Å². The van der Waals surface area contributed by atoms with Gasteiger partial charge in [-0.25, -0.2) is 8.42 Å². The van der Waals surface area contributed by atoms with Crippen molar-refractivity contribution in [2.45, 2.75) is 49.3 Å². The summed E-state index contributed by atoms with van der Waals surface area (Å²) in [4.78, 5) is 14.7. The number of thiophene rings is 1. The van der Waals surface area contributed by atoms with E-state index in [2.05, 4.69) is 25.9 Å². The summed E-state index contributed by atoms with van der Waals surface area (Å²) in [6, 6.07) is 5.03. The van der Waals surface area contributed by atoms with Crippen molar-refractivity contribution in [2.24, 2.45) is 0 Å². The molecule has 1 saturated carbocycles. The van der Waals surface area contributed by atoms with Gasteiger partial charge in [-0.2, -0.15) is 9.40 Å². The highest BCUT2D eigenvalue weighted by Gasteiger charge is 2.35. The maximum atomic E-state index is 13.0. The van der Waals surface area contributed by atoms with E-state index in [9.17, 15) is 13.2 Å². The fourth-order valence-corrected chi connectivity index (χ4v) is 6.62. The maximum absolute atomic E-state index is 13.0. The van der Waals surface area contributed by atoms with Gasteiger partial charge in [0.05, 0.1) is 9.88 Å². The van der Waals surface area contributed by atoms with E-state index in [1.54, 1.807) is 11.0 Å². The first-order valence-corrected chi connectivity index (χ1v) is 12.4. The van der Waals surface area contributed by atoms with Crippen molar-refractivity contribution in [3.05, 3.63) is 33.9 Å². The fraction of sp³-hybridized carbons (Fsp3) is 0.579. The van der Waals surface area contributed by atoms with Crippen LogP contribution in [0.15, 0.2) is 22.4 Å². The number of sulfonamides is 1. The van der Waals surface area contributed by atoms with Gasteiger partial charge in [0.2, 0.25) is 0 Å². The van der Waals surface area contributed by atoms with Crippen LogP contribution in [-0.4, -0.2) is 59.5 Å². The Morgan fingerprint density at radius 2 is 1.83 bits per heavy atom. The lowest BCUT2D eigenvalue weighted by atomic mass is 10.1. The molecule has 1 aliphatic carbocycles. The minimum atomic E-state index is -3.57. The molecule has 0 unspecified atom stereocenters. The highest BCUT2D eigenvalue weighted by atomic mass is 35.5. The van der Waals surface area contributed by atoms with Crippen LogP contribution in [-0.2, 0) is 15.6 Å². The molecule has 1 amide bonds. The molecule has 0 bridgehead atoms. The maximum Gasteiger partial charge on any atom is 0.274 e. The van der Waals surface area contributed by atoms with Gasteiger partial charge >= 0.3 is 0 Å². The number of rotatable bonds is 4. The van der Waals surface area contributed by atoms with E-state index in [0.717, 1.165) is 29.9 Å². The molecule has 2 fully saturated rings. The number of hydrogen-bond donors (Lipinski definition) is 0. The molecule has 158 valence electrons. The highest BCUT2D eigenvalue weighted by Crippen LogP contribution is 2.42. The van der Waals surface area contributed by atoms with E-state index in [4.69, 9.17) is 11.6 Å². The van der Waals surface area contributed by atoms with Crippen molar-refractivity contribution >= 4 is 38.9 Å². The number of amides is 1. The van der Waals surface area contributed by atoms with Crippen molar-refractivity contribution in [1.29, 1.82) is 0 Å². The Morgan fingerprint density at radius 3 is 2.34 bits per heavy atom. The molecule has 2 aromatic heterocycles. The number of halogens is 1. The fourth-order valence-electron chi connectivity index (χ4n) is 3.56. The van der Waals surface area contributed by atoms with Crippen LogP contribution in [0.3, 0.4) is 0 Å². The molecule has 2 aromatic rings. The average Bonchev–Trinajstić information content (AvgIpc) is 3.24. The second-order valence-corrected chi connectivity index (χ2v) is 12.4. The third-order valence-electron chi connectivity index (χ3n) is 5.26. The largest absolute Gasteiger partial charge is 0.335 e. The minimum Gasteiger partial charge on any atom is -0.335 e. The zero-order valence-electron chi connectivity index (χ0n) is 16.8. The molecule has 0 spiro atoms. The molecule has 3 heterocycles. The third-order valence-corrected chi connectivity index (χ3v) is 8.85. The SMILES string of the molecule is CC(C)(C)n1nc(C(=O)N2CCN(S(=O)(=O)c3ccc(Cl)s3)CC2)cc1C1CC1. The number of hydrogen-bond acceptors (Lipinski definition) is 5. The first-order valence-electron chi connectivity index (χ1n) is 9.72. The molecule has 0 N–H and O–H groups in total. The van der Waals surface area contributed by atoms with Crippen molar-refractivity contribution in [3.63, 3.8) is 0 Å². The van der Waals surface area contributed by atoms with Crippen LogP contribution in [0.5, 0.6) is 0 Å². The third kappa shape index (κ3) is 4.10. The molecular formula is C19H25ClN4O3S2. The normalized spacial score (nSPS) is 19.0. The number of carbonyl (C=O) groups excluding carboxylic acids is 1. The Balaban J connectivity index is 1.47. The van der Waals surface area contributed by atoms with Gasteiger partial charge in [-0.3, -0.25) is 9.48 Å². The van der Waals surface area contributed by atoms with Gasteiger partial charge in [-0.1, -0.05) is 11.6 Å². The van der Waals surface area contributed by atoms with Gasteiger partial charge in [-0.05, 0) is 51.8 Å². The minimum absolute atomic E-state index is 0.133. The molecule has 1 aliphatic heterocycles. The lowest BCUT2D eigenvalue weighted by Crippen LogP contribution is -2.50. The zero-order chi connectivity index (χ0) is 21.0. The van der Waals surface area contributed by atoms with E-state index in [1.807, 2.05) is 10.7 Å². The Hall–Kier alpha value is -1.42. The molecule has 29 heavy (non-hydrogen) atoms. The van der Waals surface area contributed by atoms with E-state index in [0.29, 0.717) is 29.0 Å². The molecule has 7 nitrogen and oxygen atoms in total. The predicted octanol–water partition coefficient (Wildman–Crippen LogP) is 3.38. The summed E-state index contributed by atoms with van der Waals surface area (Å²) >= 11 is 6.93. The molecule has 4 rings (SSSR count). The molecule has 10 heteroatoms. The van der Waals surface area contributed by atoms with Gasteiger partial charge < -0.3 is 4.90 Å². The van der Waals surface area contributed by atoms with Gasteiger partial charge in [-0.15, -0.1) is 11.3 Å². The number of nitrogens with zero attached hydrogens (tertiary/aromatic N) is 4. The standard InChI is InChI=1S/C19H25ClN4O3S2/c1-19(2,3)24-15(13-4-5-13)12-14(21-24)18(25)22-8-10-23(11-9-22)29(26,27)17-7-6-16(20)28-17/h6-7,12-13H,4-5,8-11H2,1-3H3. The summed E-state index contributed by atoms with van der Waals surface area (Å²) in [5.41, 5.74) is 1.38. The molecule has 0 radical (unpaired) electrons. The van der Waals surface area contributed by atoms with Gasteiger partial charge in [0.25, 0.3) is 15.9 Å². The number of piperazine rings is 1. The molecule has 0 aromatic carbocycles. The molecule has 2 aliphatic rings. The first kappa shape index (κ1) is 20.8. The first-order chi connectivity index (χ1) is 13.6. The Labute approximate surface area is 180 Å². The van der Waals surface area contributed by atoms with Crippen molar-refractivity contribution in [3.8, 4) is 0 Å². The monoisotopic (exact) mass is 456 g/mol.